The van der Waals surface area contributed by atoms with Crippen LogP contribution in [0.2, 0.25) is 0 Å². The fraction of sp³-hybridized carbons (Fsp3) is 0.211. The van der Waals surface area contributed by atoms with E-state index in [4.69, 9.17) is 15.9 Å². The number of carbonyl (C=O) groups excluding carboxylic acids is 1. The standard InChI is InChI=1S/C19H18FN7O6/c20-11-5-8(1-2-10(11)16(30)25-12(18(32)33)3-4-13(28)29)22-6-9-7-23-15-14(24-9)17(31)27-19(21)26-15/h1-2,5,7,12,22H,3-4,6H2,(H,25,30)(H,28,29)(H,32,33)(H3,21,23,26,27,31). The molecule has 172 valence electrons. The van der Waals surface area contributed by atoms with E-state index in [1.807, 2.05) is 0 Å². The van der Waals surface area contributed by atoms with Crippen LogP contribution < -0.4 is 21.9 Å². The zero-order chi connectivity index (χ0) is 24.1. The summed E-state index contributed by atoms with van der Waals surface area (Å²) in [5.74, 6) is -4.68. The quantitative estimate of drug-likeness (QED) is 0.252. The Kier molecular flexibility index (Phi) is 6.76. The fourth-order valence-corrected chi connectivity index (χ4v) is 2.82. The van der Waals surface area contributed by atoms with Crippen molar-refractivity contribution in [1.29, 1.82) is 0 Å². The fourth-order valence-electron chi connectivity index (χ4n) is 2.82. The van der Waals surface area contributed by atoms with Crippen LogP contribution in [0, 0.1) is 5.82 Å². The van der Waals surface area contributed by atoms with Gasteiger partial charge in [-0.3, -0.25) is 19.4 Å². The summed E-state index contributed by atoms with van der Waals surface area (Å²) >= 11 is 0. The van der Waals surface area contributed by atoms with E-state index in [2.05, 4.69) is 30.6 Å². The molecular weight excluding hydrogens is 441 g/mol. The molecule has 0 fully saturated rings. The van der Waals surface area contributed by atoms with Crippen LogP contribution in [0.25, 0.3) is 11.2 Å². The summed E-state index contributed by atoms with van der Waals surface area (Å²) in [5, 5.41) is 22.8. The first-order valence-corrected chi connectivity index (χ1v) is 9.44. The molecule has 1 atom stereocenters. The minimum atomic E-state index is -1.48. The highest BCUT2D eigenvalue weighted by molar-refractivity contribution is 5.97. The smallest absolute Gasteiger partial charge is 0.326 e. The molecule has 0 saturated carbocycles. The molecule has 14 heteroatoms. The maximum Gasteiger partial charge on any atom is 0.326 e. The molecule has 1 unspecified atom stereocenters. The van der Waals surface area contributed by atoms with Gasteiger partial charge in [0.2, 0.25) is 5.95 Å². The number of carboxylic acid groups (broad SMARTS) is 2. The van der Waals surface area contributed by atoms with Crippen molar-refractivity contribution in [1.82, 2.24) is 25.3 Å². The molecule has 0 bridgehead atoms. The second kappa shape index (κ2) is 9.67. The predicted octanol–water partition coefficient (Wildman–Crippen LogP) is 0.0943. The van der Waals surface area contributed by atoms with E-state index < -0.39 is 47.2 Å². The lowest BCUT2D eigenvalue weighted by Crippen LogP contribution is -2.41. The van der Waals surface area contributed by atoms with E-state index >= 15 is 0 Å². The van der Waals surface area contributed by atoms with Gasteiger partial charge in [-0.05, 0) is 24.6 Å². The zero-order valence-electron chi connectivity index (χ0n) is 16.8. The number of hydrogen-bond donors (Lipinski definition) is 6. The minimum Gasteiger partial charge on any atom is -0.481 e. The van der Waals surface area contributed by atoms with Gasteiger partial charge < -0.3 is 26.6 Å². The largest absolute Gasteiger partial charge is 0.481 e. The van der Waals surface area contributed by atoms with E-state index in [1.165, 1.54) is 12.3 Å². The van der Waals surface area contributed by atoms with Crippen LogP contribution in [0.15, 0.2) is 29.2 Å². The SMILES string of the molecule is Nc1nc2ncc(CNc3ccc(C(=O)NC(CCC(=O)O)C(=O)O)c(F)c3)nc2c(=O)[nH]1. The molecule has 7 N–H and O–H groups in total. The number of nitrogens with two attached hydrogens (primary N) is 1. The molecule has 1 aromatic carbocycles. The molecule has 0 radical (unpaired) electrons. The minimum absolute atomic E-state index is 0.0161. The average Bonchev–Trinajstić information content (AvgIpc) is 2.74. The van der Waals surface area contributed by atoms with Crippen LogP contribution in [-0.2, 0) is 16.1 Å². The Hall–Kier alpha value is -4.62. The van der Waals surface area contributed by atoms with E-state index in [-0.39, 0.29) is 35.8 Å². The van der Waals surface area contributed by atoms with Crippen molar-refractivity contribution in [2.45, 2.75) is 25.4 Å². The molecule has 0 saturated heterocycles. The lowest BCUT2D eigenvalue weighted by Gasteiger charge is -2.14. The van der Waals surface area contributed by atoms with Gasteiger partial charge in [-0.2, -0.15) is 4.98 Å². The lowest BCUT2D eigenvalue weighted by molar-refractivity contribution is -0.140. The Balaban J connectivity index is 1.68. The van der Waals surface area contributed by atoms with Crippen LogP contribution in [0.5, 0.6) is 0 Å². The molecule has 3 rings (SSSR count). The van der Waals surface area contributed by atoms with Crippen molar-refractivity contribution in [3.63, 3.8) is 0 Å². The highest BCUT2D eigenvalue weighted by Gasteiger charge is 2.23. The summed E-state index contributed by atoms with van der Waals surface area (Å²) in [6.07, 6.45) is 0.535. The Labute approximate surface area is 183 Å². The molecule has 2 heterocycles. The Morgan fingerprint density at radius 1 is 1.21 bits per heavy atom. The number of aromatic nitrogens is 4. The second-order valence-electron chi connectivity index (χ2n) is 6.83. The topological polar surface area (TPSA) is 213 Å². The highest BCUT2D eigenvalue weighted by Crippen LogP contribution is 2.16. The van der Waals surface area contributed by atoms with Crippen molar-refractivity contribution < 1.29 is 29.0 Å². The third-order valence-electron chi connectivity index (χ3n) is 4.42. The Morgan fingerprint density at radius 3 is 2.64 bits per heavy atom. The van der Waals surface area contributed by atoms with E-state index in [0.29, 0.717) is 5.69 Å². The molecule has 13 nitrogen and oxygen atoms in total. The number of anilines is 2. The van der Waals surface area contributed by atoms with Crippen LogP contribution in [0.3, 0.4) is 0 Å². The maximum atomic E-state index is 14.5. The number of aliphatic carboxylic acids is 2. The van der Waals surface area contributed by atoms with E-state index in [9.17, 15) is 23.6 Å². The van der Waals surface area contributed by atoms with Crippen molar-refractivity contribution in [2.24, 2.45) is 0 Å². The average molecular weight is 459 g/mol. The molecule has 0 aliphatic rings. The van der Waals surface area contributed by atoms with Gasteiger partial charge in [-0.15, -0.1) is 0 Å². The maximum absolute atomic E-state index is 14.5. The summed E-state index contributed by atoms with van der Waals surface area (Å²) in [6, 6.07) is 2.07. The highest BCUT2D eigenvalue weighted by atomic mass is 19.1. The monoisotopic (exact) mass is 459 g/mol. The number of H-pyrrole nitrogens is 1. The number of nitrogens with one attached hydrogen (secondary N) is 3. The van der Waals surface area contributed by atoms with Crippen LogP contribution in [0.4, 0.5) is 16.0 Å². The number of rotatable bonds is 9. The Bertz CT molecular complexity index is 1300. The first-order chi connectivity index (χ1) is 15.6. The zero-order valence-corrected chi connectivity index (χ0v) is 16.8. The number of nitrogens with zero attached hydrogens (tertiary/aromatic N) is 3. The Morgan fingerprint density at radius 2 is 1.97 bits per heavy atom. The van der Waals surface area contributed by atoms with Gasteiger partial charge in [0.1, 0.15) is 11.9 Å². The number of hydrogen-bond acceptors (Lipinski definition) is 9. The third kappa shape index (κ3) is 5.75. The van der Waals surface area contributed by atoms with Crippen LogP contribution in [0.1, 0.15) is 28.9 Å². The number of benzene rings is 1. The van der Waals surface area contributed by atoms with Crippen LogP contribution >= 0.6 is 0 Å². The van der Waals surface area contributed by atoms with Crippen molar-refractivity contribution >= 4 is 40.6 Å². The van der Waals surface area contributed by atoms with E-state index in [0.717, 1.165) is 12.1 Å². The molecular formula is C19H18FN7O6. The normalized spacial score (nSPS) is 11.7. The number of carboxylic acids is 2. The second-order valence-corrected chi connectivity index (χ2v) is 6.83. The third-order valence-corrected chi connectivity index (χ3v) is 4.42. The summed E-state index contributed by atoms with van der Waals surface area (Å²) in [7, 11) is 0. The number of fused-ring (bicyclic) bond motifs is 1. The predicted molar refractivity (Wildman–Crippen MR) is 112 cm³/mol. The number of halogens is 1. The van der Waals surface area contributed by atoms with Crippen molar-refractivity contribution in [3.05, 3.63) is 51.8 Å². The molecule has 0 aliphatic heterocycles. The number of carbonyl (C=O) groups is 3. The summed E-state index contributed by atoms with van der Waals surface area (Å²) in [6.45, 7) is 0.0635. The first-order valence-electron chi connectivity index (χ1n) is 9.44. The van der Waals surface area contributed by atoms with Gasteiger partial charge in [0.05, 0.1) is 24.0 Å². The summed E-state index contributed by atoms with van der Waals surface area (Å²) < 4.78 is 14.5. The number of aromatic amines is 1. The number of amides is 1. The van der Waals surface area contributed by atoms with Gasteiger partial charge in [0.25, 0.3) is 11.5 Å². The summed E-state index contributed by atoms with van der Waals surface area (Å²) in [5.41, 5.74) is 5.16. The van der Waals surface area contributed by atoms with Gasteiger partial charge in [-0.1, -0.05) is 0 Å². The van der Waals surface area contributed by atoms with Gasteiger partial charge in [-0.25, -0.2) is 19.2 Å². The summed E-state index contributed by atoms with van der Waals surface area (Å²) in [4.78, 5) is 60.3. The van der Waals surface area contributed by atoms with Crippen molar-refractivity contribution in [2.75, 3.05) is 11.1 Å². The first kappa shape index (κ1) is 23.1. The molecule has 33 heavy (non-hydrogen) atoms. The molecule has 0 aliphatic carbocycles. The van der Waals surface area contributed by atoms with Crippen LogP contribution in [-0.4, -0.2) is 54.0 Å². The molecule has 1 amide bonds. The molecule has 0 spiro atoms. The van der Waals surface area contributed by atoms with Gasteiger partial charge in [0, 0.05) is 12.1 Å². The van der Waals surface area contributed by atoms with Gasteiger partial charge in [0.15, 0.2) is 11.2 Å². The number of nitrogen functional groups attached to an aromatic ring is 1. The van der Waals surface area contributed by atoms with Gasteiger partial charge >= 0.3 is 11.9 Å². The van der Waals surface area contributed by atoms with E-state index in [1.54, 1.807) is 0 Å². The molecule has 2 aromatic heterocycles. The molecule has 3 aromatic rings. The van der Waals surface area contributed by atoms with Crippen molar-refractivity contribution in [3.8, 4) is 0 Å². The lowest BCUT2D eigenvalue weighted by atomic mass is 10.1.